The molecule has 0 saturated carbocycles. The van der Waals surface area contributed by atoms with Gasteiger partial charge in [0, 0.05) is 17.8 Å². The Balaban J connectivity index is 2.13. The van der Waals surface area contributed by atoms with E-state index in [-0.39, 0.29) is 0 Å². The molecular formula is C26H31N3. The maximum Gasteiger partial charge on any atom is 0.138 e. The molecule has 1 N–H and O–H groups in total. The van der Waals surface area contributed by atoms with Gasteiger partial charge in [0.15, 0.2) is 0 Å². The highest BCUT2D eigenvalue weighted by molar-refractivity contribution is 6.10. The van der Waals surface area contributed by atoms with E-state index < -0.39 is 0 Å². The number of anilines is 1. The zero-order chi connectivity index (χ0) is 20.6. The second-order valence-corrected chi connectivity index (χ2v) is 7.47. The third kappa shape index (κ3) is 5.33. The van der Waals surface area contributed by atoms with E-state index in [9.17, 15) is 0 Å². The van der Waals surface area contributed by atoms with Crippen molar-refractivity contribution in [2.45, 2.75) is 33.2 Å². The van der Waals surface area contributed by atoms with Gasteiger partial charge >= 0.3 is 0 Å². The van der Waals surface area contributed by atoms with Crippen molar-refractivity contribution in [3.8, 4) is 0 Å². The van der Waals surface area contributed by atoms with Crippen LogP contribution in [0.25, 0.3) is 0 Å². The summed E-state index contributed by atoms with van der Waals surface area (Å²) in [6, 6.07) is 25.4. The molecule has 3 heteroatoms. The molecule has 29 heavy (non-hydrogen) atoms. The molecule has 3 aromatic carbocycles. The zero-order valence-electron chi connectivity index (χ0n) is 17.9. The van der Waals surface area contributed by atoms with E-state index in [1.807, 2.05) is 0 Å². The largest absolute Gasteiger partial charge is 0.339 e. The monoisotopic (exact) mass is 385 g/mol. The minimum absolute atomic E-state index is 0.863. The highest BCUT2D eigenvalue weighted by atomic mass is 15.1. The van der Waals surface area contributed by atoms with Crippen LogP contribution in [0.4, 0.5) is 11.4 Å². The lowest BCUT2D eigenvalue weighted by atomic mass is 10.0. The van der Waals surface area contributed by atoms with Crippen molar-refractivity contribution in [1.29, 1.82) is 0 Å². The smallest absolute Gasteiger partial charge is 0.138 e. The van der Waals surface area contributed by atoms with Gasteiger partial charge in [0.05, 0.1) is 5.69 Å². The number of para-hydroxylation sites is 2. The van der Waals surface area contributed by atoms with Crippen LogP contribution in [0.5, 0.6) is 0 Å². The molecule has 0 fully saturated rings. The van der Waals surface area contributed by atoms with E-state index in [0.717, 1.165) is 42.2 Å². The Labute approximate surface area is 175 Å². The Hall–Kier alpha value is -2.91. The summed E-state index contributed by atoms with van der Waals surface area (Å²) in [5.41, 5.74) is 7.06. The lowest BCUT2D eigenvalue weighted by Gasteiger charge is -2.19. The molecule has 0 aliphatic rings. The fourth-order valence-corrected chi connectivity index (χ4v) is 3.50. The maximum absolute atomic E-state index is 5.13. The van der Waals surface area contributed by atoms with Crippen molar-refractivity contribution in [3.05, 3.63) is 95.1 Å². The Morgan fingerprint density at radius 2 is 1.34 bits per heavy atom. The predicted molar refractivity (Wildman–Crippen MR) is 125 cm³/mol. The van der Waals surface area contributed by atoms with E-state index in [1.165, 1.54) is 16.7 Å². The highest BCUT2D eigenvalue weighted by Gasteiger charge is 2.13. The lowest BCUT2D eigenvalue weighted by molar-refractivity contribution is 0.402. The van der Waals surface area contributed by atoms with Crippen LogP contribution in [0, 0.1) is 0 Å². The quantitative estimate of drug-likeness (QED) is 0.395. The maximum atomic E-state index is 5.13. The predicted octanol–water partition coefficient (Wildman–Crippen LogP) is 6.06. The summed E-state index contributed by atoms with van der Waals surface area (Å²) >= 11 is 0. The van der Waals surface area contributed by atoms with Crippen molar-refractivity contribution in [2.75, 3.05) is 19.4 Å². The number of benzene rings is 3. The van der Waals surface area contributed by atoms with Gasteiger partial charge in [-0.25, -0.2) is 4.99 Å². The van der Waals surface area contributed by atoms with Crippen LogP contribution in [-0.4, -0.2) is 24.8 Å². The van der Waals surface area contributed by atoms with E-state index in [0.29, 0.717) is 0 Å². The summed E-state index contributed by atoms with van der Waals surface area (Å²) in [6.07, 6.45) is 1.93. The van der Waals surface area contributed by atoms with Crippen LogP contribution < -0.4 is 5.32 Å². The molecule has 3 aromatic rings. The molecule has 0 aliphatic heterocycles. The first-order chi connectivity index (χ1) is 14.1. The Morgan fingerprint density at radius 1 is 0.759 bits per heavy atom. The van der Waals surface area contributed by atoms with Gasteiger partial charge in [-0.05, 0) is 55.8 Å². The van der Waals surface area contributed by atoms with Gasteiger partial charge in [-0.15, -0.1) is 0 Å². The summed E-state index contributed by atoms with van der Waals surface area (Å²) in [7, 11) is 4.19. The van der Waals surface area contributed by atoms with E-state index in [4.69, 9.17) is 4.99 Å². The number of nitrogens with one attached hydrogen (secondary N) is 1. The van der Waals surface area contributed by atoms with E-state index in [2.05, 4.69) is 111 Å². The number of aryl methyl sites for hydroxylation is 2. The third-order valence-corrected chi connectivity index (χ3v) is 5.02. The molecule has 0 bridgehead atoms. The van der Waals surface area contributed by atoms with Crippen LogP contribution in [0.1, 0.15) is 36.1 Å². The first-order valence-corrected chi connectivity index (χ1v) is 10.4. The van der Waals surface area contributed by atoms with Gasteiger partial charge in [-0.2, -0.15) is 0 Å². The molecule has 0 amide bonds. The molecule has 0 unspecified atom stereocenters. The number of aliphatic imine (C=N–C) groups is 1. The van der Waals surface area contributed by atoms with Gasteiger partial charge in [0.2, 0.25) is 0 Å². The van der Waals surface area contributed by atoms with Crippen molar-refractivity contribution >= 4 is 17.2 Å². The summed E-state index contributed by atoms with van der Waals surface area (Å²) in [5, 5.41) is 3.66. The van der Waals surface area contributed by atoms with E-state index in [1.54, 1.807) is 0 Å². The molecule has 0 aromatic heterocycles. The van der Waals surface area contributed by atoms with Crippen molar-refractivity contribution in [1.82, 2.24) is 4.90 Å². The number of nitrogens with zero attached hydrogens (tertiary/aromatic N) is 2. The number of hydrogen-bond acceptors (Lipinski definition) is 2. The van der Waals surface area contributed by atoms with Crippen LogP contribution in [0.3, 0.4) is 0 Å². The molecule has 3 nitrogen and oxygen atoms in total. The molecule has 0 aliphatic carbocycles. The van der Waals surface area contributed by atoms with Crippen molar-refractivity contribution in [3.63, 3.8) is 0 Å². The van der Waals surface area contributed by atoms with Gasteiger partial charge in [-0.1, -0.05) is 74.5 Å². The molecule has 0 heterocycles. The summed E-state index contributed by atoms with van der Waals surface area (Å²) < 4.78 is 0. The van der Waals surface area contributed by atoms with Gasteiger partial charge in [0.1, 0.15) is 5.84 Å². The van der Waals surface area contributed by atoms with Gasteiger partial charge < -0.3 is 10.2 Å². The standard InChI is InChI=1S/C26H31N3/c1-5-20-13-8-11-17-24(20)27-26(28-25-18-12-9-14-21(25)6-2)23-16-10-7-15-22(23)19-29(3)4/h7-18H,5-6,19H2,1-4H3,(H,27,28). The summed E-state index contributed by atoms with van der Waals surface area (Å²) in [4.78, 5) is 7.32. The summed E-state index contributed by atoms with van der Waals surface area (Å²) in [5.74, 6) is 0.893. The van der Waals surface area contributed by atoms with Crippen molar-refractivity contribution in [2.24, 2.45) is 4.99 Å². The molecule has 0 atom stereocenters. The first-order valence-electron chi connectivity index (χ1n) is 10.4. The average Bonchev–Trinajstić information content (AvgIpc) is 2.74. The molecule has 0 spiro atoms. The van der Waals surface area contributed by atoms with E-state index >= 15 is 0 Å². The van der Waals surface area contributed by atoms with Gasteiger partial charge in [-0.3, -0.25) is 0 Å². The van der Waals surface area contributed by atoms with Crippen LogP contribution in [0.15, 0.2) is 77.8 Å². The highest BCUT2D eigenvalue weighted by Crippen LogP contribution is 2.24. The fourth-order valence-electron chi connectivity index (χ4n) is 3.50. The van der Waals surface area contributed by atoms with Crippen molar-refractivity contribution < 1.29 is 0 Å². The second-order valence-electron chi connectivity index (χ2n) is 7.47. The van der Waals surface area contributed by atoms with Crippen LogP contribution in [-0.2, 0) is 19.4 Å². The molecule has 3 rings (SSSR count). The normalized spacial score (nSPS) is 11.7. The first kappa shape index (κ1) is 20.8. The Kier molecular flexibility index (Phi) is 7.20. The number of hydrogen-bond donors (Lipinski definition) is 1. The topological polar surface area (TPSA) is 27.6 Å². The molecule has 0 radical (unpaired) electrons. The Bertz CT molecular complexity index is 973. The minimum Gasteiger partial charge on any atom is -0.339 e. The third-order valence-electron chi connectivity index (χ3n) is 5.02. The molecule has 150 valence electrons. The zero-order valence-corrected chi connectivity index (χ0v) is 17.9. The molecular weight excluding hydrogens is 354 g/mol. The Morgan fingerprint density at radius 3 is 2.03 bits per heavy atom. The average molecular weight is 386 g/mol. The molecule has 0 saturated heterocycles. The SMILES string of the molecule is CCc1ccccc1N=C(Nc1ccccc1CC)c1ccccc1CN(C)C. The van der Waals surface area contributed by atoms with Crippen LogP contribution >= 0.6 is 0 Å². The van der Waals surface area contributed by atoms with Crippen LogP contribution in [0.2, 0.25) is 0 Å². The number of amidine groups is 1. The second kappa shape index (κ2) is 10.0. The van der Waals surface area contributed by atoms with Gasteiger partial charge in [0.25, 0.3) is 0 Å². The lowest BCUT2D eigenvalue weighted by Crippen LogP contribution is -2.19. The summed E-state index contributed by atoms with van der Waals surface area (Å²) in [6.45, 7) is 5.22. The fraction of sp³-hybridized carbons (Fsp3) is 0.269. The number of rotatable bonds is 7. The minimum atomic E-state index is 0.863.